The first-order valence-electron chi connectivity index (χ1n) is 7.73. The monoisotopic (exact) mass is 432 g/mol. The maximum atomic E-state index is 12.8. The van der Waals surface area contributed by atoms with Crippen molar-refractivity contribution in [2.24, 2.45) is 0 Å². The molecule has 0 aliphatic heterocycles. The third-order valence-electron chi connectivity index (χ3n) is 3.70. The van der Waals surface area contributed by atoms with E-state index >= 15 is 0 Å². The molecule has 0 amide bonds. The molecule has 2 aromatic heterocycles. The first kappa shape index (κ1) is 16.8. The van der Waals surface area contributed by atoms with Crippen LogP contribution in [0.15, 0.2) is 48.7 Å². The number of carbonyl (C=O) groups excluding carboxylic acids is 1. The number of fused-ring (bicyclic) bond motifs is 1. The molecule has 0 aliphatic carbocycles. The Morgan fingerprint density at radius 3 is 2.83 bits per heavy atom. The SMILES string of the molecule is CCOc1ccc2nccc(C(I)C(=O)c3cccc(C)n3)c2c1. The fourth-order valence-corrected chi connectivity index (χ4v) is 3.44. The van der Waals surface area contributed by atoms with Crippen molar-refractivity contribution in [1.29, 1.82) is 0 Å². The number of halogens is 1. The number of rotatable bonds is 5. The lowest BCUT2D eigenvalue weighted by Gasteiger charge is -2.13. The zero-order valence-corrected chi connectivity index (χ0v) is 15.6. The molecule has 1 aromatic carbocycles. The Balaban J connectivity index is 2.04. The van der Waals surface area contributed by atoms with E-state index in [9.17, 15) is 4.79 Å². The zero-order valence-electron chi connectivity index (χ0n) is 13.5. The molecule has 0 saturated heterocycles. The van der Waals surface area contributed by atoms with Crippen LogP contribution in [0.4, 0.5) is 0 Å². The minimum atomic E-state index is -0.334. The second-order valence-electron chi connectivity index (χ2n) is 5.40. The predicted octanol–water partition coefficient (Wildman–Crippen LogP) is 4.70. The van der Waals surface area contributed by atoms with Gasteiger partial charge in [-0.05, 0) is 55.8 Å². The van der Waals surface area contributed by atoms with Crippen LogP contribution in [0.2, 0.25) is 0 Å². The number of hydrogen-bond acceptors (Lipinski definition) is 4. The second-order valence-corrected chi connectivity index (χ2v) is 6.65. The van der Waals surface area contributed by atoms with E-state index in [1.807, 2.05) is 50.2 Å². The molecule has 1 atom stereocenters. The third-order valence-corrected chi connectivity index (χ3v) is 4.94. The average molecular weight is 432 g/mol. The van der Waals surface area contributed by atoms with Crippen LogP contribution in [0.5, 0.6) is 5.75 Å². The Kier molecular flexibility index (Phi) is 5.08. The van der Waals surface area contributed by atoms with Crippen LogP contribution in [-0.2, 0) is 0 Å². The summed E-state index contributed by atoms with van der Waals surface area (Å²) in [5, 5.41) is 0.934. The summed E-state index contributed by atoms with van der Waals surface area (Å²) in [5.41, 5.74) is 3.10. The first-order chi connectivity index (χ1) is 11.6. The minimum absolute atomic E-state index is 0.00591. The van der Waals surface area contributed by atoms with E-state index in [1.54, 1.807) is 12.3 Å². The van der Waals surface area contributed by atoms with E-state index in [2.05, 4.69) is 32.6 Å². The lowest BCUT2D eigenvalue weighted by molar-refractivity contribution is 0.0989. The van der Waals surface area contributed by atoms with Crippen LogP contribution in [0, 0.1) is 6.92 Å². The van der Waals surface area contributed by atoms with Gasteiger partial charge in [0.05, 0.1) is 12.1 Å². The van der Waals surface area contributed by atoms with Gasteiger partial charge in [0.25, 0.3) is 0 Å². The molecule has 0 spiro atoms. The fourth-order valence-electron chi connectivity index (χ4n) is 2.58. The Hall–Kier alpha value is -2.02. The summed E-state index contributed by atoms with van der Waals surface area (Å²) >= 11 is 2.17. The number of alkyl halides is 1. The number of benzene rings is 1. The topological polar surface area (TPSA) is 52.1 Å². The molecule has 24 heavy (non-hydrogen) atoms. The van der Waals surface area contributed by atoms with Crippen molar-refractivity contribution in [2.45, 2.75) is 17.8 Å². The van der Waals surface area contributed by atoms with Crippen LogP contribution < -0.4 is 4.74 Å². The van der Waals surface area contributed by atoms with Crippen molar-refractivity contribution in [2.75, 3.05) is 6.61 Å². The quantitative estimate of drug-likeness (QED) is 0.333. The van der Waals surface area contributed by atoms with Crippen LogP contribution >= 0.6 is 22.6 Å². The number of hydrogen-bond donors (Lipinski definition) is 0. The standard InChI is InChI=1S/C19H17IN2O2/c1-3-24-13-7-8-16-15(11-13)14(9-10-21-16)18(20)19(23)17-6-4-5-12(2)22-17/h4-11,18H,3H2,1-2H3. The van der Waals surface area contributed by atoms with Crippen LogP contribution in [0.25, 0.3) is 10.9 Å². The molecule has 0 saturated carbocycles. The van der Waals surface area contributed by atoms with Gasteiger partial charge in [0.2, 0.25) is 0 Å². The van der Waals surface area contributed by atoms with Crippen molar-refractivity contribution in [3.8, 4) is 5.75 Å². The number of carbonyl (C=O) groups is 1. The molecule has 4 nitrogen and oxygen atoms in total. The second kappa shape index (κ2) is 7.25. The summed E-state index contributed by atoms with van der Waals surface area (Å²) < 4.78 is 5.25. The zero-order chi connectivity index (χ0) is 17.1. The minimum Gasteiger partial charge on any atom is -0.494 e. The first-order valence-corrected chi connectivity index (χ1v) is 8.98. The lowest BCUT2D eigenvalue weighted by Crippen LogP contribution is -2.10. The molecule has 3 aromatic rings. The predicted molar refractivity (Wildman–Crippen MR) is 103 cm³/mol. The molecular weight excluding hydrogens is 415 g/mol. The van der Waals surface area contributed by atoms with E-state index in [0.717, 1.165) is 27.9 Å². The molecule has 0 N–H and O–H groups in total. The highest BCUT2D eigenvalue weighted by Gasteiger charge is 2.22. The summed E-state index contributed by atoms with van der Waals surface area (Å²) in [7, 11) is 0. The van der Waals surface area contributed by atoms with Crippen LogP contribution in [0.3, 0.4) is 0 Å². The van der Waals surface area contributed by atoms with E-state index in [4.69, 9.17) is 4.74 Å². The maximum Gasteiger partial charge on any atom is 0.198 e. The van der Waals surface area contributed by atoms with E-state index < -0.39 is 0 Å². The van der Waals surface area contributed by atoms with E-state index in [0.29, 0.717) is 12.3 Å². The number of pyridine rings is 2. The molecule has 5 heteroatoms. The van der Waals surface area contributed by atoms with Crippen molar-refractivity contribution in [3.05, 3.63) is 65.6 Å². The largest absolute Gasteiger partial charge is 0.494 e. The molecule has 1 unspecified atom stereocenters. The van der Waals surface area contributed by atoms with Gasteiger partial charge in [-0.15, -0.1) is 0 Å². The highest BCUT2D eigenvalue weighted by Crippen LogP contribution is 2.33. The number of ketones is 1. The molecule has 0 radical (unpaired) electrons. The summed E-state index contributed by atoms with van der Waals surface area (Å²) in [4.78, 5) is 21.6. The lowest BCUT2D eigenvalue weighted by atomic mass is 10.0. The number of Topliss-reactive ketones (excluding diaryl/α,β-unsaturated/α-hetero) is 1. The Morgan fingerprint density at radius 2 is 2.08 bits per heavy atom. The number of nitrogens with zero attached hydrogens (tertiary/aromatic N) is 2. The molecule has 0 aliphatic rings. The molecular formula is C19H17IN2O2. The van der Waals surface area contributed by atoms with Gasteiger partial charge in [-0.25, -0.2) is 4.98 Å². The maximum absolute atomic E-state index is 12.8. The molecule has 3 rings (SSSR count). The Morgan fingerprint density at radius 1 is 1.25 bits per heavy atom. The van der Waals surface area contributed by atoms with Crippen LogP contribution in [-0.4, -0.2) is 22.4 Å². The van der Waals surface area contributed by atoms with Gasteiger partial charge >= 0.3 is 0 Å². The van der Waals surface area contributed by atoms with Gasteiger partial charge < -0.3 is 4.74 Å². The highest BCUT2D eigenvalue weighted by atomic mass is 127. The van der Waals surface area contributed by atoms with Crippen molar-refractivity contribution in [3.63, 3.8) is 0 Å². The Labute approximate surface area is 154 Å². The summed E-state index contributed by atoms with van der Waals surface area (Å²) in [5.74, 6) is 0.776. The number of aromatic nitrogens is 2. The summed E-state index contributed by atoms with van der Waals surface area (Å²) in [6, 6.07) is 13.2. The van der Waals surface area contributed by atoms with Crippen molar-refractivity contribution >= 4 is 39.3 Å². The summed E-state index contributed by atoms with van der Waals surface area (Å²) in [6.07, 6.45) is 1.74. The third kappa shape index (κ3) is 3.40. The Bertz CT molecular complexity index is 895. The van der Waals surface area contributed by atoms with Crippen molar-refractivity contribution < 1.29 is 9.53 Å². The van der Waals surface area contributed by atoms with Crippen molar-refractivity contribution in [1.82, 2.24) is 9.97 Å². The summed E-state index contributed by atoms with van der Waals surface area (Å²) in [6.45, 7) is 4.43. The van der Waals surface area contributed by atoms with Gasteiger partial charge in [-0.1, -0.05) is 28.7 Å². The smallest absolute Gasteiger partial charge is 0.198 e. The van der Waals surface area contributed by atoms with Gasteiger partial charge in [-0.2, -0.15) is 0 Å². The van der Waals surface area contributed by atoms with E-state index in [-0.39, 0.29) is 9.71 Å². The highest BCUT2D eigenvalue weighted by molar-refractivity contribution is 14.1. The molecule has 122 valence electrons. The normalized spacial score (nSPS) is 12.1. The number of ether oxygens (including phenoxy) is 1. The van der Waals surface area contributed by atoms with Gasteiger partial charge in [0, 0.05) is 17.3 Å². The van der Waals surface area contributed by atoms with Gasteiger partial charge in [-0.3, -0.25) is 9.78 Å². The average Bonchev–Trinajstić information content (AvgIpc) is 2.60. The van der Waals surface area contributed by atoms with Gasteiger partial charge in [0.15, 0.2) is 5.78 Å². The molecule has 0 bridgehead atoms. The molecule has 2 heterocycles. The van der Waals surface area contributed by atoms with E-state index in [1.165, 1.54) is 0 Å². The van der Waals surface area contributed by atoms with Gasteiger partial charge in [0.1, 0.15) is 15.4 Å². The number of aryl methyl sites for hydroxylation is 1. The fraction of sp³-hybridized carbons (Fsp3) is 0.211. The molecule has 0 fully saturated rings. The van der Waals surface area contributed by atoms with Crippen LogP contribution in [0.1, 0.15) is 32.6 Å².